The quantitative estimate of drug-likeness (QED) is 0.0149. The standard InChI is InChI=1S/C93H152N11O44P/c1-57(105)101-81-87(143-66(10)114)84(140-63(7)111)69(51-135-60(4)108)146-90(81)132-43-19-15-27-72(117)94-36-23-39-97-76(121)33-48-129-54-93(104-79(124)31-22-30-75(120)100-42-26-47-139-149(127,128)138-46-18-13-14-32-80(125)126,55-130-49-34-77(122)98-40-24-37-95-73(118)28-16-20-44-133-91-82(102-58(2)106)88(144-67(11)115)85(141-64(8)112)70(147-91)52-136-61(5)109)56-131-50-35-78(123)99-41-25-38-96-74(119)29-17-21-45-134-92-83(103-59(3)107)89(145-68(12)116)86(142-65(9)113)71(148-92)53-137-62(6)110/h69-71,81-92H,13-56H2,1-12H3,(H,94,117)(H,95,118)(H,96,119)(H,97,121)(H,98,122)(H,99,123)(H,100,120)(H,101,105)(H,102,106)(H,103,107)(H,104,124)(H,125,126)(H,127,128)/t69-,70-,71-,81-,82-,83-,84+,85+,86+,87-,88-,89-,90-,91-,92-/m1/s1. The number of aliphatic carboxylic acids is 1. The maximum absolute atomic E-state index is 14.1. The minimum atomic E-state index is -4.47. The Bertz CT molecular complexity index is 3960. The largest absolute Gasteiger partial charge is 0.481 e. The fourth-order valence-corrected chi connectivity index (χ4v) is 15.7. The van der Waals surface area contributed by atoms with Gasteiger partial charge in [-0.3, -0.25) is 110 Å². The predicted octanol–water partition coefficient (Wildman–Crippen LogP) is -1.09. The van der Waals surface area contributed by atoms with Crippen molar-refractivity contribution in [2.75, 3.05) is 138 Å². The van der Waals surface area contributed by atoms with Crippen LogP contribution in [0.2, 0.25) is 0 Å². The second-order valence-electron chi connectivity index (χ2n) is 34.9. The van der Waals surface area contributed by atoms with Gasteiger partial charge in [-0.25, -0.2) is 4.57 Å². The lowest BCUT2D eigenvalue weighted by molar-refractivity contribution is -0.277. The summed E-state index contributed by atoms with van der Waals surface area (Å²) in [7, 11) is -4.47. The normalized spacial score (nSPS) is 20.7. The van der Waals surface area contributed by atoms with Crippen LogP contribution in [0.4, 0.5) is 0 Å². The Labute approximate surface area is 863 Å². The zero-order valence-corrected chi connectivity index (χ0v) is 87.7. The molecule has 3 aliphatic rings. The molecule has 0 aliphatic carbocycles. The molecule has 3 rings (SSSR count). The number of phosphoric ester groups is 1. The van der Waals surface area contributed by atoms with Crippen LogP contribution < -0.4 is 58.5 Å². The van der Waals surface area contributed by atoms with Gasteiger partial charge in [0.05, 0.1) is 52.9 Å². The van der Waals surface area contributed by atoms with Crippen molar-refractivity contribution in [2.45, 2.75) is 328 Å². The molecule has 11 amide bonds. The highest BCUT2D eigenvalue weighted by Crippen LogP contribution is 2.43. The maximum atomic E-state index is 14.1. The number of rotatable bonds is 77. The van der Waals surface area contributed by atoms with Crippen LogP contribution in [0.5, 0.6) is 0 Å². The molecule has 0 bridgehead atoms. The molecule has 3 heterocycles. The number of nitrogens with one attached hydrogen (secondary N) is 11. The first-order chi connectivity index (χ1) is 70.7. The number of esters is 9. The zero-order valence-electron chi connectivity index (χ0n) is 86.8. The summed E-state index contributed by atoms with van der Waals surface area (Å²) in [4.78, 5) is 273. The van der Waals surface area contributed by atoms with Gasteiger partial charge in [0.1, 0.15) is 61.8 Å². The van der Waals surface area contributed by atoms with E-state index in [1.165, 1.54) is 20.8 Å². The predicted molar refractivity (Wildman–Crippen MR) is 510 cm³/mol. The van der Waals surface area contributed by atoms with Crippen LogP contribution in [-0.4, -0.2) is 370 Å². The molecule has 0 radical (unpaired) electrons. The van der Waals surface area contributed by atoms with Crippen LogP contribution >= 0.6 is 7.82 Å². The molecule has 3 aliphatic heterocycles. The molecular formula is C93H152N11O44P. The monoisotopic (exact) mass is 2160 g/mol. The van der Waals surface area contributed by atoms with E-state index in [0.29, 0.717) is 38.5 Å². The van der Waals surface area contributed by atoms with E-state index in [9.17, 15) is 110 Å². The van der Waals surface area contributed by atoms with Crippen LogP contribution in [0.1, 0.15) is 231 Å². The molecule has 3 fully saturated rings. The summed E-state index contributed by atoms with van der Waals surface area (Å²) in [5.74, 6) is -13.1. The second-order valence-corrected chi connectivity index (χ2v) is 36.4. The summed E-state index contributed by atoms with van der Waals surface area (Å²) in [5.41, 5.74) is -1.65. The Hall–Kier alpha value is -11.4. The van der Waals surface area contributed by atoms with Gasteiger partial charge in [0, 0.05) is 207 Å². The van der Waals surface area contributed by atoms with E-state index in [1.807, 2.05) is 0 Å². The number of carboxylic acid groups (broad SMARTS) is 1. The molecule has 55 nitrogen and oxygen atoms in total. The van der Waals surface area contributed by atoms with Crippen molar-refractivity contribution in [3.8, 4) is 0 Å². The van der Waals surface area contributed by atoms with Crippen molar-refractivity contribution in [3.05, 3.63) is 0 Å². The summed E-state index contributed by atoms with van der Waals surface area (Å²) < 4.78 is 125. The molecule has 0 aromatic heterocycles. The van der Waals surface area contributed by atoms with Crippen LogP contribution in [-0.2, 0) is 200 Å². The second kappa shape index (κ2) is 74.5. The number of unbranched alkanes of at least 4 members (excludes halogenated alkanes) is 5. The van der Waals surface area contributed by atoms with Gasteiger partial charge in [0.2, 0.25) is 65.0 Å². The van der Waals surface area contributed by atoms with Crippen LogP contribution in [0.15, 0.2) is 0 Å². The molecule has 0 saturated carbocycles. The Morgan fingerprint density at radius 2 is 0.523 bits per heavy atom. The SMILES string of the molecule is CC(=O)N[C@H]1[C@H](OCCCCC(=O)NCCCNC(=O)CCOCC(COCCC(=O)NCCCNC(=O)CCCCO[C@@H]2O[C@H](COC(C)=O)[C@H](OC(C)=O)[C@H](OC(C)=O)[C@H]2NC(C)=O)(COCCC(=O)NCCCNC(=O)CCCCO[C@@H]2O[C@H](COC(C)=O)[C@H](OC(C)=O)[C@H](OC(C)=O)[C@H]2NC(C)=O)NC(=O)CCCC(=O)NCCCOP(=O)(O)OCCCCCC(=O)O)O[C@H](COC(C)=O)[C@H](OC(C)=O)[C@@H]1OC(C)=O. The molecule has 1 unspecified atom stereocenters. The number of phosphoric acid groups is 1. The molecule has 0 spiro atoms. The third-order valence-electron chi connectivity index (χ3n) is 21.4. The van der Waals surface area contributed by atoms with Crippen molar-refractivity contribution in [1.82, 2.24) is 58.5 Å². The van der Waals surface area contributed by atoms with E-state index in [2.05, 4.69) is 58.5 Å². The van der Waals surface area contributed by atoms with Gasteiger partial charge in [-0.2, -0.15) is 0 Å². The Kier molecular flexibility index (Phi) is 65.9. The number of ether oxygens (including phenoxy) is 18. The van der Waals surface area contributed by atoms with Gasteiger partial charge in [-0.15, -0.1) is 0 Å². The smallest absolute Gasteiger partial charge is 0.472 e. The first-order valence-corrected chi connectivity index (χ1v) is 51.0. The van der Waals surface area contributed by atoms with E-state index in [1.54, 1.807) is 0 Å². The molecular weight excluding hydrogens is 2010 g/mol. The van der Waals surface area contributed by atoms with E-state index in [-0.39, 0.29) is 226 Å². The molecule has 848 valence electrons. The summed E-state index contributed by atoms with van der Waals surface area (Å²) in [6.45, 7) is 10.4. The number of carbonyl (C=O) groups is 21. The summed E-state index contributed by atoms with van der Waals surface area (Å²) in [5, 5.41) is 38.7. The van der Waals surface area contributed by atoms with Crippen molar-refractivity contribution in [1.29, 1.82) is 0 Å². The fourth-order valence-electron chi connectivity index (χ4n) is 14.9. The highest BCUT2D eigenvalue weighted by atomic mass is 31.2. The molecule has 149 heavy (non-hydrogen) atoms. The van der Waals surface area contributed by atoms with Gasteiger partial charge in [-0.1, -0.05) is 6.42 Å². The topological polar surface area (TPSA) is 733 Å². The molecule has 16 atom stereocenters. The van der Waals surface area contributed by atoms with Crippen molar-refractivity contribution >= 4 is 132 Å². The average molecular weight is 2160 g/mol. The average Bonchev–Trinajstić information content (AvgIpc) is 0.792. The molecule has 13 N–H and O–H groups in total. The highest BCUT2D eigenvalue weighted by molar-refractivity contribution is 7.47. The minimum absolute atomic E-state index is 0.00572. The van der Waals surface area contributed by atoms with Crippen LogP contribution in [0.25, 0.3) is 0 Å². The van der Waals surface area contributed by atoms with E-state index in [0.717, 1.165) is 62.3 Å². The van der Waals surface area contributed by atoms with Crippen molar-refractivity contribution in [2.24, 2.45) is 0 Å². The zero-order chi connectivity index (χ0) is 111. The molecule has 0 aromatic carbocycles. The van der Waals surface area contributed by atoms with Gasteiger partial charge >= 0.3 is 67.5 Å². The van der Waals surface area contributed by atoms with E-state index in [4.69, 9.17) is 99.4 Å². The molecule has 3 saturated heterocycles. The lowest BCUT2D eigenvalue weighted by Gasteiger charge is -2.44. The Morgan fingerprint density at radius 3 is 0.799 bits per heavy atom. The number of hydrogen-bond donors (Lipinski definition) is 13. The van der Waals surface area contributed by atoms with Gasteiger partial charge < -0.3 is 154 Å². The Morgan fingerprint density at radius 1 is 0.275 bits per heavy atom. The fraction of sp³-hybridized carbons (Fsp3) is 0.774. The van der Waals surface area contributed by atoms with Gasteiger partial charge in [-0.05, 0) is 83.5 Å². The van der Waals surface area contributed by atoms with Crippen LogP contribution in [0.3, 0.4) is 0 Å². The highest BCUT2D eigenvalue weighted by Gasteiger charge is 2.55. The summed E-state index contributed by atoms with van der Waals surface area (Å²) in [6.07, 6.45) is -13.0. The van der Waals surface area contributed by atoms with Gasteiger partial charge in [0.15, 0.2) is 55.5 Å². The van der Waals surface area contributed by atoms with Gasteiger partial charge in [0.25, 0.3) is 0 Å². The van der Waals surface area contributed by atoms with E-state index >= 15 is 0 Å². The molecule has 56 heteroatoms. The van der Waals surface area contributed by atoms with Crippen molar-refractivity contribution < 1.29 is 210 Å². The summed E-state index contributed by atoms with van der Waals surface area (Å²) >= 11 is 0. The number of carboxylic acids is 1. The lowest BCUT2D eigenvalue weighted by Crippen LogP contribution is -2.66. The third kappa shape index (κ3) is 60.9. The van der Waals surface area contributed by atoms with Crippen molar-refractivity contribution in [3.63, 3.8) is 0 Å². The lowest BCUT2D eigenvalue weighted by atomic mass is 9.96. The minimum Gasteiger partial charge on any atom is -0.481 e. The third-order valence-corrected chi connectivity index (χ3v) is 22.4. The number of hydrogen-bond acceptors (Lipinski definition) is 42. The maximum Gasteiger partial charge on any atom is 0.472 e. The first kappa shape index (κ1) is 132. The number of carbonyl (C=O) groups excluding carboxylic acids is 20. The Balaban J connectivity index is 1.73. The van der Waals surface area contributed by atoms with E-state index < -0.39 is 252 Å². The molecule has 0 aromatic rings. The van der Waals surface area contributed by atoms with Crippen LogP contribution in [0, 0.1) is 0 Å². The first-order valence-electron chi connectivity index (χ1n) is 49.5. The summed E-state index contributed by atoms with van der Waals surface area (Å²) in [6, 6.07) is -3.59. The number of amides is 11.